The van der Waals surface area contributed by atoms with Crippen molar-refractivity contribution < 1.29 is 14.7 Å². The van der Waals surface area contributed by atoms with Gasteiger partial charge in [-0.3, -0.25) is 4.79 Å². The Balaban J connectivity index is 2.00. The van der Waals surface area contributed by atoms with E-state index in [1.165, 1.54) is 23.6 Å². The van der Waals surface area contributed by atoms with Crippen LogP contribution < -0.4 is 5.32 Å². The Morgan fingerprint density at radius 2 is 2.20 bits per heavy atom. The van der Waals surface area contributed by atoms with Crippen LogP contribution in [0.1, 0.15) is 31.3 Å². The number of rotatable bonds is 4. The molecule has 0 atom stereocenters. The Labute approximate surface area is 124 Å². The average Bonchev–Trinajstić information content (AvgIpc) is 2.77. The summed E-state index contributed by atoms with van der Waals surface area (Å²) in [5.41, 5.74) is 1.55. The molecule has 0 aliphatic carbocycles. The highest BCUT2D eigenvalue weighted by Gasteiger charge is 2.14. The van der Waals surface area contributed by atoms with E-state index in [9.17, 15) is 9.59 Å². The van der Waals surface area contributed by atoms with Gasteiger partial charge in [0.1, 0.15) is 10.6 Å². The Morgan fingerprint density at radius 3 is 2.70 bits per heavy atom. The molecule has 20 heavy (non-hydrogen) atoms. The maximum absolute atomic E-state index is 11.9. The van der Waals surface area contributed by atoms with Crippen LogP contribution in [-0.2, 0) is 6.54 Å². The Morgan fingerprint density at radius 1 is 1.45 bits per heavy atom. The second kappa shape index (κ2) is 6.02. The fraction of sp³-hybridized carbons (Fsp3) is 0.154. The molecule has 1 amide bonds. The SMILES string of the molecule is Cc1csc(C(=O)NCc2ccc(C(=O)O)nc2)c1Cl. The van der Waals surface area contributed by atoms with Crippen LogP contribution in [0.4, 0.5) is 0 Å². The van der Waals surface area contributed by atoms with Crippen molar-refractivity contribution in [3.8, 4) is 0 Å². The first-order chi connectivity index (χ1) is 9.49. The van der Waals surface area contributed by atoms with Crippen molar-refractivity contribution in [2.24, 2.45) is 0 Å². The highest BCUT2D eigenvalue weighted by molar-refractivity contribution is 7.13. The van der Waals surface area contributed by atoms with Crippen LogP contribution in [0.15, 0.2) is 23.7 Å². The summed E-state index contributed by atoms with van der Waals surface area (Å²) in [4.78, 5) is 26.8. The summed E-state index contributed by atoms with van der Waals surface area (Å²) >= 11 is 7.30. The lowest BCUT2D eigenvalue weighted by molar-refractivity contribution is 0.0690. The van der Waals surface area contributed by atoms with Crippen molar-refractivity contribution in [2.75, 3.05) is 0 Å². The molecule has 2 heterocycles. The smallest absolute Gasteiger partial charge is 0.354 e. The molecule has 0 aromatic carbocycles. The standard InChI is InChI=1S/C13H11ClN2O3S/c1-7-6-20-11(10(7)14)12(17)16-5-8-2-3-9(13(18)19)15-4-8/h2-4,6H,5H2,1H3,(H,16,17)(H,18,19). The monoisotopic (exact) mass is 310 g/mol. The maximum Gasteiger partial charge on any atom is 0.354 e. The number of thiophene rings is 1. The van der Waals surface area contributed by atoms with Crippen LogP contribution >= 0.6 is 22.9 Å². The molecule has 0 bridgehead atoms. The predicted octanol–water partition coefficient (Wildman–Crippen LogP) is 2.73. The summed E-state index contributed by atoms with van der Waals surface area (Å²) in [5.74, 6) is -1.34. The van der Waals surface area contributed by atoms with Gasteiger partial charge in [-0.05, 0) is 29.5 Å². The van der Waals surface area contributed by atoms with Crippen molar-refractivity contribution in [2.45, 2.75) is 13.5 Å². The lowest BCUT2D eigenvalue weighted by Crippen LogP contribution is -2.22. The third-order valence-electron chi connectivity index (χ3n) is 2.60. The highest BCUT2D eigenvalue weighted by Crippen LogP contribution is 2.26. The number of hydrogen-bond donors (Lipinski definition) is 2. The fourth-order valence-corrected chi connectivity index (χ4v) is 2.70. The van der Waals surface area contributed by atoms with Crippen molar-refractivity contribution in [1.82, 2.24) is 10.3 Å². The van der Waals surface area contributed by atoms with E-state index in [0.29, 0.717) is 15.5 Å². The van der Waals surface area contributed by atoms with Gasteiger partial charge in [-0.1, -0.05) is 17.7 Å². The number of hydrogen-bond acceptors (Lipinski definition) is 4. The fourth-order valence-electron chi connectivity index (χ4n) is 1.50. The number of nitrogens with zero attached hydrogens (tertiary/aromatic N) is 1. The molecule has 2 aromatic heterocycles. The van der Waals surface area contributed by atoms with Crippen LogP contribution in [0.2, 0.25) is 5.02 Å². The molecule has 0 radical (unpaired) electrons. The number of aryl methyl sites for hydroxylation is 1. The number of carboxylic acids is 1. The number of carbonyl (C=O) groups excluding carboxylic acids is 1. The zero-order valence-corrected chi connectivity index (χ0v) is 12.1. The second-order valence-corrected chi connectivity index (χ2v) is 5.36. The van der Waals surface area contributed by atoms with Gasteiger partial charge in [-0.15, -0.1) is 11.3 Å². The summed E-state index contributed by atoms with van der Waals surface area (Å²) in [6.07, 6.45) is 1.42. The van der Waals surface area contributed by atoms with Gasteiger partial charge in [0.05, 0.1) is 5.02 Å². The van der Waals surface area contributed by atoms with Crippen molar-refractivity contribution in [3.05, 3.63) is 50.4 Å². The molecule has 2 N–H and O–H groups in total. The number of aromatic nitrogens is 1. The molecular weight excluding hydrogens is 300 g/mol. The van der Waals surface area contributed by atoms with Crippen LogP contribution in [0, 0.1) is 6.92 Å². The van der Waals surface area contributed by atoms with Crippen molar-refractivity contribution in [3.63, 3.8) is 0 Å². The normalized spacial score (nSPS) is 10.3. The Kier molecular flexibility index (Phi) is 4.36. The molecule has 0 fully saturated rings. The van der Waals surface area contributed by atoms with Gasteiger partial charge in [0.15, 0.2) is 0 Å². The number of carbonyl (C=O) groups is 2. The first-order valence-corrected chi connectivity index (χ1v) is 6.95. The van der Waals surface area contributed by atoms with E-state index < -0.39 is 5.97 Å². The largest absolute Gasteiger partial charge is 0.477 e. The number of pyridine rings is 1. The number of carboxylic acid groups (broad SMARTS) is 1. The number of halogens is 1. The van der Waals surface area contributed by atoms with E-state index in [0.717, 1.165) is 5.56 Å². The zero-order valence-electron chi connectivity index (χ0n) is 10.5. The van der Waals surface area contributed by atoms with Crippen molar-refractivity contribution in [1.29, 1.82) is 0 Å². The summed E-state index contributed by atoms with van der Waals surface area (Å²) in [5, 5.41) is 13.7. The van der Waals surface area contributed by atoms with E-state index >= 15 is 0 Å². The first kappa shape index (κ1) is 14.5. The lowest BCUT2D eigenvalue weighted by Gasteiger charge is -2.04. The van der Waals surface area contributed by atoms with Gasteiger partial charge in [0.2, 0.25) is 0 Å². The molecule has 0 unspecified atom stereocenters. The minimum absolute atomic E-state index is 0.0306. The molecule has 2 aromatic rings. The third kappa shape index (κ3) is 3.15. The molecule has 0 saturated heterocycles. The Hall–Kier alpha value is -1.92. The van der Waals surface area contributed by atoms with Gasteiger partial charge in [-0.25, -0.2) is 9.78 Å². The van der Waals surface area contributed by atoms with Gasteiger partial charge in [0.25, 0.3) is 5.91 Å². The molecule has 104 valence electrons. The highest BCUT2D eigenvalue weighted by atomic mass is 35.5. The van der Waals surface area contributed by atoms with E-state index in [-0.39, 0.29) is 18.1 Å². The van der Waals surface area contributed by atoms with E-state index in [2.05, 4.69) is 10.3 Å². The van der Waals surface area contributed by atoms with Gasteiger partial charge >= 0.3 is 5.97 Å². The third-order valence-corrected chi connectivity index (χ3v) is 4.30. The molecule has 0 saturated carbocycles. The lowest BCUT2D eigenvalue weighted by atomic mass is 10.2. The van der Waals surface area contributed by atoms with Gasteiger partial charge in [0, 0.05) is 12.7 Å². The second-order valence-electron chi connectivity index (χ2n) is 4.10. The molecule has 0 spiro atoms. The van der Waals surface area contributed by atoms with Crippen molar-refractivity contribution >= 4 is 34.8 Å². The zero-order chi connectivity index (χ0) is 14.7. The molecule has 0 aliphatic rings. The number of amides is 1. The number of aromatic carboxylic acids is 1. The predicted molar refractivity (Wildman–Crippen MR) is 76.4 cm³/mol. The van der Waals surface area contributed by atoms with Crippen LogP contribution in [0.25, 0.3) is 0 Å². The van der Waals surface area contributed by atoms with Gasteiger partial charge < -0.3 is 10.4 Å². The summed E-state index contributed by atoms with van der Waals surface area (Å²) in [7, 11) is 0. The van der Waals surface area contributed by atoms with Crippen LogP contribution in [0.3, 0.4) is 0 Å². The number of nitrogens with one attached hydrogen (secondary N) is 1. The van der Waals surface area contributed by atoms with Crippen LogP contribution in [-0.4, -0.2) is 22.0 Å². The van der Waals surface area contributed by atoms with Gasteiger partial charge in [-0.2, -0.15) is 0 Å². The van der Waals surface area contributed by atoms with E-state index in [4.69, 9.17) is 16.7 Å². The van der Waals surface area contributed by atoms with E-state index in [1.807, 2.05) is 12.3 Å². The average molecular weight is 311 g/mol. The summed E-state index contributed by atoms with van der Waals surface area (Å²) < 4.78 is 0. The van der Waals surface area contributed by atoms with E-state index in [1.54, 1.807) is 6.07 Å². The molecule has 5 nitrogen and oxygen atoms in total. The Bertz CT molecular complexity index is 652. The molecule has 7 heteroatoms. The first-order valence-electron chi connectivity index (χ1n) is 5.69. The maximum atomic E-state index is 11.9. The molecular formula is C13H11ClN2O3S. The topological polar surface area (TPSA) is 79.3 Å². The minimum Gasteiger partial charge on any atom is -0.477 e. The summed E-state index contributed by atoms with van der Waals surface area (Å²) in [6.45, 7) is 2.10. The quantitative estimate of drug-likeness (QED) is 0.910. The van der Waals surface area contributed by atoms with Crippen LogP contribution in [0.5, 0.6) is 0 Å². The molecule has 0 aliphatic heterocycles. The summed E-state index contributed by atoms with van der Waals surface area (Å²) in [6, 6.07) is 3.00. The molecule has 2 rings (SSSR count). The minimum atomic E-state index is -1.08.